The van der Waals surface area contributed by atoms with Crippen LogP contribution in [0.15, 0.2) is 73.2 Å². The molecule has 59 heavy (non-hydrogen) atoms. The van der Waals surface area contributed by atoms with Crippen LogP contribution < -0.4 is 25.6 Å². The van der Waals surface area contributed by atoms with E-state index in [0.29, 0.717) is 35.2 Å². The molecule has 1 saturated heterocycles. The van der Waals surface area contributed by atoms with Gasteiger partial charge in [-0.15, -0.1) is 11.3 Å². The number of aryl methyl sites for hydroxylation is 2. The van der Waals surface area contributed by atoms with Crippen LogP contribution in [0.25, 0.3) is 11.3 Å². The van der Waals surface area contributed by atoms with Crippen molar-refractivity contribution < 1.29 is 38.2 Å². The lowest BCUT2D eigenvalue weighted by Crippen LogP contribution is -2.54. The minimum atomic E-state index is -1.03. The fourth-order valence-corrected chi connectivity index (χ4v) is 8.32. The summed E-state index contributed by atoms with van der Waals surface area (Å²) in [6.45, 7) is 3.98. The predicted molar refractivity (Wildman–Crippen MR) is 216 cm³/mol. The molecule has 0 spiro atoms. The van der Waals surface area contributed by atoms with Crippen molar-refractivity contribution in [3.05, 3.63) is 111 Å². The second-order valence-electron chi connectivity index (χ2n) is 14.3. The number of aromatic nitrogens is 3. The molecule has 0 saturated carbocycles. The Balaban J connectivity index is 0.782. The Morgan fingerprint density at radius 2 is 1.83 bits per heavy atom. The van der Waals surface area contributed by atoms with E-state index in [4.69, 9.17) is 14.5 Å². The van der Waals surface area contributed by atoms with Gasteiger partial charge in [0.05, 0.1) is 42.6 Å². The number of anilines is 2. The maximum atomic E-state index is 13.3. The maximum absolute atomic E-state index is 13.3. The van der Waals surface area contributed by atoms with Crippen molar-refractivity contribution in [1.29, 1.82) is 0 Å². The minimum Gasteiger partial charge on any atom is -0.491 e. The lowest BCUT2D eigenvalue weighted by molar-refractivity contribution is -0.136. The number of carbonyl (C=O) groups is 6. The van der Waals surface area contributed by atoms with Crippen molar-refractivity contribution in [2.24, 2.45) is 7.05 Å². The Morgan fingerprint density at radius 1 is 0.983 bits per heavy atom. The average Bonchev–Trinajstić information content (AvgIpc) is 4.02. The normalized spacial score (nSPS) is 15.9. The number of imide groups is 2. The second-order valence-corrected chi connectivity index (χ2v) is 15.5. The fourth-order valence-electron chi connectivity index (χ4n) is 7.47. The predicted octanol–water partition coefficient (Wildman–Crippen LogP) is 3.89. The topological polar surface area (TPSA) is 194 Å². The highest BCUT2D eigenvalue weighted by Gasteiger charge is 2.45. The molecule has 8 rings (SSSR count). The molecule has 1 unspecified atom stereocenters. The molecule has 1 atom stereocenters. The molecule has 6 amide bonds. The van der Waals surface area contributed by atoms with Crippen LogP contribution >= 0.6 is 11.3 Å². The molecule has 0 aliphatic carbocycles. The van der Waals surface area contributed by atoms with Crippen LogP contribution in [0.4, 0.5) is 11.4 Å². The van der Waals surface area contributed by atoms with Gasteiger partial charge in [-0.3, -0.25) is 39.0 Å². The number of benzene rings is 3. The molecule has 0 radical (unpaired) electrons. The van der Waals surface area contributed by atoms with Gasteiger partial charge in [0.2, 0.25) is 11.8 Å². The van der Waals surface area contributed by atoms with E-state index >= 15 is 0 Å². The van der Waals surface area contributed by atoms with Crippen molar-refractivity contribution in [1.82, 2.24) is 30.1 Å². The number of carbonyl (C=O) groups excluding carboxylic acids is 6. The number of piperidine rings is 1. The first-order chi connectivity index (χ1) is 28.6. The summed E-state index contributed by atoms with van der Waals surface area (Å²) in [6, 6.07) is 17.2. The molecule has 302 valence electrons. The molecule has 17 heteroatoms. The number of hydrogen-bond acceptors (Lipinski definition) is 12. The van der Waals surface area contributed by atoms with Crippen molar-refractivity contribution in [2.75, 3.05) is 43.1 Å². The van der Waals surface area contributed by atoms with Gasteiger partial charge in [0.25, 0.3) is 23.6 Å². The summed E-state index contributed by atoms with van der Waals surface area (Å²) in [7, 11) is 1.80. The van der Waals surface area contributed by atoms with E-state index in [1.54, 1.807) is 47.2 Å². The van der Waals surface area contributed by atoms with Crippen LogP contribution in [-0.4, -0.2) is 93.8 Å². The monoisotopic (exact) mass is 816 g/mol. The number of imidazole rings is 1. The van der Waals surface area contributed by atoms with Crippen molar-refractivity contribution >= 4 is 58.2 Å². The van der Waals surface area contributed by atoms with E-state index in [1.807, 2.05) is 49.4 Å². The third kappa shape index (κ3) is 7.93. The van der Waals surface area contributed by atoms with Gasteiger partial charge in [-0.2, -0.15) is 0 Å². The molecule has 16 nitrogen and oxygen atoms in total. The van der Waals surface area contributed by atoms with E-state index in [-0.39, 0.29) is 62.1 Å². The fraction of sp³-hybridized carbons (Fsp3) is 0.286. The van der Waals surface area contributed by atoms with Gasteiger partial charge < -0.3 is 29.6 Å². The summed E-state index contributed by atoms with van der Waals surface area (Å²) < 4.78 is 13.3. The summed E-state index contributed by atoms with van der Waals surface area (Å²) in [5.74, 6) is -1.99. The molecule has 3 aliphatic heterocycles. The van der Waals surface area contributed by atoms with E-state index in [2.05, 4.69) is 20.9 Å². The van der Waals surface area contributed by atoms with Crippen LogP contribution in [0, 0.1) is 6.92 Å². The van der Waals surface area contributed by atoms with Gasteiger partial charge in [-0.25, -0.2) is 9.97 Å². The molecule has 0 bridgehead atoms. The van der Waals surface area contributed by atoms with Crippen molar-refractivity contribution in [2.45, 2.75) is 38.8 Å². The van der Waals surface area contributed by atoms with Crippen LogP contribution in [0.3, 0.4) is 0 Å². The van der Waals surface area contributed by atoms with E-state index < -0.39 is 29.7 Å². The molecule has 2 aromatic heterocycles. The molecule has 3 aliphatic rings. The van der Waals surface area contributed by atoms with Crippen molar-refractivity contribution in [3.63, 3.8) is 0 Å². The summed E-state index contributed by atoms with van der Waals surface area (Å²) in [5, 5.41) is 8.66. The van der Waals surface area contributed by atoms with Gasteiger partial charge in [0.15, 0.2) is 5.01 Å². The molecule has 5 heterocycles. The smallest absolute Gasteiger partial charge is 0.280 e. The molecule has 1 fully saturated rings. The number of rotatable bonds is 14. The zero-order valence-corrected chi connectivity index (χ0v) is 33.1. The van der Waals surface area contributed by atoms with Crippen molar-refractivity contribution in [3.8, 4) is 17.0 Å². The van der Waals surface area contributed by atoms with E-state index in [9.17, 15) is 28.8 Å². The van der Waals surface area contributed by atoms with Crippen LogP contribution in [0.2, 0.25) is 0 Å². The van der Waals surface area contributed by atoms with Crippen LogP contribution in [0.1, 0.15) is 69.9 Å². The Labute approximate surface area is 342 Å². The molecular formula is C42H40N8O8S. The van der Waals surface area contributed by atoms with Gasteiger partial charge >= 0.3 is 0 Å². The standard InChI is InChI=1S/C42H40N8O8S/c1-24-36(27-9-10-31-26(20-27)13-15-49(31)41(55)33-22-43-23-48(33)2)47-39(59-24)38(53)45-21-25-5-3-6-28(19-25)58-18-17-57-16-14-44-30-8-4-7-29-35(30)42(56)50(40(29)54)32-11-12-34(51)46-37(32)52/h3-10,19-20,22-23,32,44H,11-18,21H2,1-2H3,(H,45,53)(H,46,51,52). The highest BCUT2D eigenvalue weighted by molar-refractivity contribution is 7.14. The number of nitrogens with zero attached hydrogens (tertiary/aromatic N) is 5. The average molecular weight is 817 g/mol. The van der Waals surface area contributed by atoms with Crippen LogP contribution in [0.5, 0.6) is 5.75 Å². The summed E-state index contributed by atoms with van der Waals surface area (Å²) in [6.07, 6.45) is 4.04. The molecule has 3 aromatic carbocycles. The highest BCUT2D eigenvalue weighted by atomic mass is 32.1. The van der Waals surface area contributed by atoms with Crippen LogP contribution in [-0.2, 0) is 34.3 Å². The summed E-state index contributed by atoms with van der Waals surface area (Å²) >= 11 is 1.33. The Kier molecular flexibility index (Phi) is 11.0. The van der Waals surface area contributed by atoms with E-state index in [0.717, 1.165) is 44.3 Å². The number of hydrogen-bond donors (Lipinski definition) is 3. The minimum absolute atomic E-state index is 0.0497. The van der Waals surface area contributed by atoms with Gasteiger partial charge in [0.1, 0.15) is 24.1 Å². The van der Waals surface area contributed by atoms with Gasteiger partial charge in [-0.1, -0.05) is 24.3 Å². The number of nitrogens with one attached hydrogen (secondary N) is 3. The SMILES string of the molecule is Cc1sc(C(=O)NCc2cccc(OCCOCCNc3cccc4c3C(=O)N(C3CCC(=O)NC3=O)C4=O)c2)nc1-c1ccc2c(c1)CCN2C(=O)c1cncn1C. The highest BCUT2D eigenvalue weighted by Crippen LogP contribution is 2.36. The Bertz CT molecular complexity index is 2510. The number of ether oxygens (including phenoxy) is 2. The van der Waals surface area contributed by atoms with E-state index in [1.165, 1.54) is 11.3 Å². The second kappa shape index (κ2) is 16.6. The Hall–Kier alpha value is -6.72. The first kappa shape index (κ1) is 39.1. The molecular weight excluding hydrogens is 777 g/mol. The van der Waals surface area contributed by atoms with Gasteiger partial charge in [0, 0.05) is 54.9 Å². The quantitative estimate of drug-likeness (QED) is 0.109. The third-order valence-corrected chi connectivity index (χ3v) is 11.4. The van der Waals surface area contributed by atoms with Gasteiger partial charge in [-0.05, 0) is 67.3 Å². The lowest BCUT2D eigenvalue weighted by Gasteiger charge is -2.27. The number of fused-ring (bicyclic) bond motifs is 2. The Morgan fingerprint density at radius 3 is 2.64 bits per heavy atom. The summed E-state index contributed by atoms with van der Waals surface area (Å²) in [5.41, 5.74) is 5.76. The largest absolute Gasteiger partial charge is 0.491 e. The first-order valence-corrected chi connectivity index (χ1v) is 19.9. The number of thiazole rings is 1. The molecule has 3 N–H and O–H groups in total. The summed E-state index contributed by atoms with van der Waals surface area (Å²) in [4.78, 5) is 89.1. The zero-order chi connectivity index (χ0) is 41.2. The zero-order valence-electron chi connectivity index (χ0n) is 32.3. The molecule has 5 aromatic rings. The first-order valence-electron chi connectivity index (χ1n) is 19.1. The third-order valence-electron chi connectivity index (χ3n) is 10.4. The maximum Gasteiger partial charge on any atom is 0.280 e. The number of amides is 6. The lowest BCUT2D eigenvalue weighted by atomic mass is 10.0.